The monoisotopic (exact) mass is 305 g/mol. The fourth-order valence-corrected chi connectivity index (χ4v) is 5.48. The Balaban J connectivity index is 4.80. The van der Waals surface area contributed by atoms with Crippen LogP contribution in [-0.2, 0) is 13.3 Å². The van der Waals surface area contributed by atoms with E-state index in [4.69, 9.17) is 13.3 Å². The van der Waals surface area contributed by atoms with Gasteiger partial charge in [-0.05, 0) is 53.6 Å². The summed E-state index contributed by atoms with van der Waals surface area (Å²) in [6, 6.07) is 1.31. The quantitative estimate of drug-likeness (QED) is 0.487. The maximum atomic E-state index is 5.96. The molecule has 0 saturated heterocycles. The van der Waals surface area contributed by atoms with Crippen molar-refractivity contribution >= 4 is 8.80 Å². The number of nitrogens with zero attached hydrogens (tertiary/aromatic N) is 1. The van der Waals surface area contributed by atoms with Gasteiger partial charge in [-0.1, -0.05) is 13.8 Å². The molecule has 0 fully saturated rings. The molecule has 1 unspecified atom stereocenters. The molecule has 0 aliphatic carbocycles. The Hall–Kier alpha value is 0.0569. The van der Waals surface area contributed by atoms with Crippen LogP contribution in [0.4, 0.5) is 0 Å². The summed E-state index contributed by atoms with van der Waals surface area (Å²) in [5.74, 6) is 0. The van der Waals surface area contributed by atoms with Crippen LogP contribution < -0.4 is 0 Å². The average Bonchev–Trinajstić information content (AvgIpc) is 2.39. The van der Waals surface area contributed by atoms with Crippen molar-refractivity contribution in [2.24, 2.45) is 0 Å². The lowest BCUT2D eigenvalue weighted by molar-refractivity contribution is 0.0622. The van der Waals surface area contributed by atoms with E-state index in [1.165, 1.54) is 12.8 Å². The summed E-state index contributed by atoms with van der Waals surface area (Å²) >= 11 is 0. The van der Waals surface area contributed by atoms with E-state index in [0.29, 0.717) is 25.9 Å². The fraction of sp³-hybridized carbons (Fsp3) is 1.00. The molecular formula is C15H35NO3Si. The first-order valence-corrected chi connectivity index (χ1v) is 10.2. The van der Waals surface area contributed by atoms with E-state index in [2.05, 4.69) is 25.7 Å². The van der Waals surface area contributed by atoms with Gasteiger partial charge >= 0.3 is 8.80 Å². The van der Waals surface area contributed by atoms with Gasteiger partial charge in [-0.15, -0.1) is 0 Å². The van der Waals surface area contributed by atoms with Crippen molar-refractivity contribution in [1.82, 2.24) is 4.90 Å². The molecule has 122 valence electrons. The van der Waals surface area contributed by atoms with E-state index in [-0.39, 0.29) is 0 Å². The standard InChI is InChI=1S/C15H35NO3Si/c1-7-12-16(13-8-2)15(6)14-20(17-9-3,18-10-4)19-11-5/h15H,7-14H2,1-6H3. The van der Waals surface area contributed by atoms with Gasteiger partial charge in [-0.2, -0.15) is 0 Å². The Morgan fingerprint density at radius 2 is 1.20 bits per heavy atom. The molecule has 0 radical (unpaired) electrons. The molecule has 1 atom stereocenters. The molecule has 0 bridgehead atoms. The van der Waals surface area contributed by atoms with Crippen LogP contribution in [0, 0.1) is 0 Å². The first-order chi connectivity index (χ1) is 9.59. The van der Waals surface area contributed by atoms with Crippen molar-refractivity contribution in [3.05, 3.63) is 0 Å². The second-order valence-electron chi connectivity index (χ2n) is 5.07. The van der Waals surface area contributed by atoms with E-state index in [9.17, 15) is 0 Å². The highest BCUT2D eigenvalue weighted by Gasteiger charge is 2.42. The summed E-state index contributed by atoms with van der Waals surface area (Å²) in [6.07, 6.45) is 2.35. The number of rotatable bonds is 13. The third kappa shape index (κ3) is 7.18. The highest BCUT2D eigenvalue weighted by Crippen LogP contribution is 2.21. The fourth-order valence-electron chi connectivity index (χ4n) is 2.58. The van der Waals surface area contributed by atoms with Gasteiger partial charge in [0.2, 0.25) is 0 Å². The SMILES string of the molecule is CCCN(CCC)C(C)C[Si](OCC)(OCC)OCC. The zero-order chi connectivity index (χ0) is 15.4. The summed E-state index contributed by atoms with van der Waals surface area (Å²) < 4.78 is 17.9. The first kappa shape index (κ1) is 20.1. The van der Waals surface area contributed by atoms with Crippen molar-refractivity contribution in [3.8, 4) is 0 Å². The lowest BCUT2D eigenvalue weighted by Gasteiger charge is -2.35. The van der Waals surface area contributed by atoms with E-state index in [1.807, 2.05) is 20.8 Å². The second kappa shape index (κ2) is 11.7. The maximum Gasteiger partial charge on any atom is 0.502 e. The van der Waals surface area contributed by atoms with Crippen LogP contribution in [0.5, 0.6) is 0 Å². The van der Waals surface area contributed by atoms with Gasteiger partial charge in [0.1, 0.15) is 0 Å². The van der Waals surface area contributed by atoms with Crippen LogP contribution in [0.25, 0.3) is 0 Å². The van der Waals surface area contributed by atoms with Gasteiger partial charge < -0.3 is 18.2 Å². The smallest absolute Gasteiger partial charge is 0.374 e. The summed E-state index contributed by atoms with van der Waals surface area (Å²) in [7, 11) is -2.52. The number of hydrogen-bond acceptors (Lipinski definition) is 4. The molecule has 0 spiro atoms. The minimum atomic E-state index is -2.52. The topological polar surface area (TPSA) is 30.9 Å². The van der Waals surface area contributed by atoms with Crippen LogP contribution in [0.1, 0.15) is 54.4 Å². The molecular weight excluding hydrogens is 270 g/mol. The third-order valence-corrected chi connectivity index (χ3v) is 6.56. The summed E-state index contributed by atoms with van der Waals surface area (Å²) in [5.41, 5.74) is 0. The van der Waals surface area contributed by atoms with Crippen LogP contribution in [-0.4, -0.2) is 52.7 Å². The molecule has 0 heterocycles. The molecule has 0 aromatic rings. The van der Waals surface area contributed by atoms with E-state index < -0.39 is 8.80 Å². The molecule has 4 nitrogen and oxygen atoms in total. The Bertz CT molecular complexity index is 206. The highest BCUT2D eigenvalue weighted by atomic mass is 28.4. The molecule has 0 saturated carbocycles. The lowest BCUT2D eigenvalue weighted by atomic mass is 10.2. The zero-order valence-electron chi connectivity index (χ0n) is 14.4. The van der Waals surface area contributed by atoms with Crippen molar-refractivity contribution in [3.63, 3.8) is 0 Å². The van der Waals surface area contributed by atoms with Crippen LogP contribution in [0.15, 0.2) is 0 Å². The molecule has 0 aliphatic heterocycles. The Morgan fingerprint density at radius 3 is 1.50 bits per heavy atom. The van der Waals surface area contributed by atoms with Gasteiger partial charge in [0.25, 0.3) is 0 Å². The maximum absolute atomic E-state index is 5.96. The third-order valence-electron chi connectivity index (χ3n) is 3.28. The summed E-state index contributed by atoms with van der Waals surface area (Å²) in [5, 5.41) is 0. The molecule has 0 aliphatic rings. The van der Waals surface area contributed by atoms with Gasteiger partial charge in [0.05, 0.1) is 0 Å². The molecule has 0 N–H and O–H groups in total. The predicted octanol–water partition coefficient (Wildman–Crippen LogP) is 3.55. The Morgan fingerprint density at radius 1 is 0.800 bits per heavy atom. The molecule has 0 rings (SSSR count). The minimum Gasteiger partial charge on any atom is -0.374 e. The normalized spacial score (nSPS) is 13.9. The van der Waals surface area contributed by atoms with Gasteiger partial charge in [0, 0.05) is 31.9 Å². The Kier molecular flexibility index (Phi) is 11.7. The van der Waals surface area contributed by atoms with Gasteiger partial charge in [-0.3, -0.25) is 0 Å². The minimum absolute atomic E-state index is 0.436. The van der Waals surface area contributed by atoms with Crippen molar-refractivity contribution in [2.75, 3.05) is 32.9 Å². The lowest BCUT2D eigenvalue weighted by Crippen LogP contribution is -2.51. The van der Waals surface area contributed by atoms with Gasteiger partial charge in [0.15, 0.2) is 0 Å². The molecule has 0 amide bonds. The molecule has 0 aromatic carbocycles. The van der Waals surface area contributed by atoms with Gasteiger partial charge in [-0.25, -0.2) is 0 Å². The van der Waals surface area contributed by atoms with Crippen molar-refractivity contribution in [1.29, 1.82) is 0 Å². The molecule has 0 aromatic heterocycles. The molecule has 5 heteroatoms. The predicted molar refractivity (Wildman–Crippen MR) is 87.1 cm³/mol. The van der Waals surface area contributed by atoms with Crippen molar-refractivity contribution in [2.45, 2.75) is 66.5 Å². The van der Waals surface area contributed by atoms with Crippen LogP contribution >= 0.6 is 0 Å². The second-order valence-corrected chi connectivity index (χ2v) is 7.71. The van der Waals surface area contributed by atoms with E-state index >= 15 is 0 Å². The summed E-state index contributed by atoms with van der Waals surface area (Å²) in [4.78, 5) is 2.53. The number of hydrogen-bond donors (Lipinski definition) is 0. The largest absolute Gasteiger partial charge is 0.502 e. The van der Waals surface area contributed by atoms with Crippen LogP contribution in [0.3, 0.4) is 0 Å². The van der Waals surface area contributed by atoms with Crippen molar-refractivity contribution < 1.29 is 13.3 Å². The highest BCUT2D eigenvalue weighted by molar-refractivity contribution is 6.60. The summed E-state index contributed by atoms with van der Waals surface area (Å²) in [6.45, 7) is 17.0. The van der Waals surface area contributed by atoms with Crippen LogP contribution in [0.2, 0.25) is 6.04 Å². The first-order valence-electron chi connectivity index (χ1n) is 8.24. The van der Waals surface area contributed by atoms with E-state index in [1.54, 1.807) is 0 Å². The van der Waals surface area contributed by atoms with E-state index in [0.717, 1.165) is 19.1 Å². The zero-order valence-corrected chi connectivity index (χ0v) is 15.4. The average molecular weight is 306 g/mol. The molecule has 20 heavy (non-hydrogen) atoms. The Labute approximate surface area is 127 Å².